The van der Waals surface area contributed by atoms with Crippen molar-refractivity contribution in [1.29, 1.82) is 5.26 Å². The molecule has 1 aromatic heterocycles. The first kappa shape index (κ1) is 14.7. The van der Waals surface area contributed by atoms with Gasteiger partial charge < -0.3 is 10.5 Å². The lowest BCUT2D eigenvalue weighted by atomic mass is 9.83. The summed E-state index contributed by atoms with van der Waals surface area (Å²) in [5.74, 6) is 0.543. The van der Waals surface area contributed by atoms with E-state index in [9.17, 15) is 5.26 Å². The van der Waals surface area contributed by atoms with E-state index in [1.54, 1.807) is 12.4 Å². The maximum atomic E-state index is 9.58. The number of nitriles is 1. The predicted octanol–water partition coefficient (Wildman–Crippen LogP) is 4.22. The van der Waals surface area contributed by atoms with E-state index >= 15 is 0 Å². The fraction of sp³-hybridized carbons (Fsp3) is 0.0526. The van der Waals surface area contributed by atoms with Crippen molar-refractivity contribution in [3.8, 4) is 11.8 Å². The summed E-state index contributed by atoms with van der Waals surface area (Å²) < 4.78 is 6.73. The van der Waals surface area contributed by atoms with Crippen LogP contribution in [0.15, 0.2) is 70.8 Å². The first-order valence-electron chi connectivity index (χ1n) is 7.38. The zero-order valence-electron chi connectivity index (χ0n) is 12.5. The molecule has 3 aromatic rings. The molecule has 1 unspecified atom stereocenters. The lowest BCUT2D eigenvalue weighted by Crippen LogP contribution is -2.21. The molecular weight excluding hydrogens is 366 g/mol. The fourth-order valence-corrected chi connectivity index (χ4v) is 3.44. The number of fused-ring (bicyclic) bond motifs is 2. The highest BCUT2D eigenvalue weighted by atomic mass is 79.9. The molecule has 2 heterocycles. The standard InChI is InChI=1S/C19H12BrN3O/c20-14-4-3-11-8-17-15(7-13(11)6-14)18(12-2-1-5-23-10-12)16(9-21)19(22)24-17/h1-8,10,18H,22H2. The lowest BCUT2D eigenvalue weighted by molar-refractivity contribution is 0.394. The highest BCUT2D eigenvalue weighted by Crippen LogP contribution is 2.43. The minimum atomic E-state index is -0.282. The van der Waals surface area contributed by atoms with Gasteiger partial charge in [0.05, 0.1) is 5.92 Å². The molecule has 1 aliphatic heterocycles. The quantitative estimate of drug-likeness (QED) is 0.688. The average Bonchev–Trinajstić information content (AvgIpc) is 2.60. The number of hydrogen-bond acceptors (Lipinski definition) is 4. The summed E-state index contributed by atoms with van der Waals surface area (Å²) in [6, 6.07) is 16.1. The Morgan fingerprint density at radius 1 is 1.17 bits per heavy atom. The molecule has 0 amide bonds. The number of aromatic nitrogens is 1. The average molecular weight is 378 g/mol. The van der Waals surface area contributed by atoms with Crippen molar-refractivity contribution in [3.63, 3.8) is 0 Å². The van der Waals surface area contributed by atoms with Gasteiger partial charge in [-0.05, 0) is 46.7 Å². The molecule has 0 bridgehead atoms. The molecule has 4 nitrogen and oxygen atoms in total. The maximum absolute atomic E-state index is 9.58. The first-order valence-corrected chi connectivity index (χ1v) is 8.17. The second kappa shape index (κ2) is 5.66. The van der Waals surface area contributed by atoms with E-state index in [0.717, 1.165) is 26.4 Å². The van der Waals surface area contributed by atoms with Gasteiger partial charge in [0.2, 0.25) is 5.88 Å². The van der Waals surface area contributed by atoms with Crippen molar-refractivity contribution in [1.82, 2.24) is 4.98 Å². The lowest BCUT2D eigenvalue weighted by Gasteiger charge is -2.26. The molecule has 4 rings (SSSR count). The van der Waals surface area contributed by atoms with Gasteiger partial charge in [0, 0.05) is 22.4 Å². The molecule has 5 heteroatoms. The third-order valence-corrected chi connectivity index (χ3v) is 4.65. The van der Waals surface area contributed by atoms with Crippen LogP contribution in [0.2, 0.25) is 0 Å². The number of pyridine rings is 1. The number of nitrogens with zero attached hydrogens (tertiary/aromatic N) is 2. The minimum absolute atomic E-state index is 0.148. The number of benzene rings is 2. The highest BCUT2D eigenvalue weighted by molar-refractivity contribution is 9.10. The van der Waals surface area contributed by atoms with Crippen LogP contribution in [-0.2, 0) is 0 Å². The molecule has 2 N–H and O–H groups in total. The summed E-state index contributed by atoms with van der Waals surface area (Å²) in [7, 11) is 0. The highest BCUT2D eigenvalue weighted by Gasteiger charge is 2.31. The number of hydrogen-bond donors (Lipinski definition) is 1. The van der Waals surface area contributed by atoms with Crippen LogP contribution in [0.3, 0.4) is 0 Å². The Balaban J connectivity index is 2.00. The molecule has 0 saturated carbocycles. The number of allylic oxidation sites excluding steroid dienone is 1. The Hall–Kier alpha value is -2.84. The second-order valence-electron chi connectivity index (χ2n) is 5.59. The Morgan fingerprint density at radius 2 is 2.04 bits per heavy atom. The van der Waals surface area contributed by atoms with Crippen LogP contribution >= 0.6 is 15.9 Å². The van der Waals surface area contributed by atoms with Crippen molar-refractivity contribution in [3.05, 3.63) is 81.9 Å². The van der Waals surface area contributed by atoms with Crippen molar-refractivity contribution in [2.45, 2.75) is 5.92 Å². The van der Waals surface area contributed by atoms with Gasteiger partial charge in [-0.1, -0.05) is 28.1 Å². The first-order chi connectivity index (χ1) is 11.7. The van der Waals surface area contributed by atoms with Crippen molar-refractivity contribution < 1.29 is 4.74 Å². The van der Waals surface area contributed by atoms with E-state index in [4.69, 9.17) is 10.5 Å². The Labute approximate surface area is 147 Å². The summed E-state index contributed by atoms with van der Waals surface area (Å²) in [6.07, 6.45) is 3.47. The number of halogens is 1. The normalized spacial score (nSPS) is 16.4. The van der Waals surface area contributed by atoms with E-state index in [1.165, 1.54) is 0 Å². The molecule has 0 fully saturated rings. The van der Waals surface area contributed by atoms with Gasteiger partial charge in [0.25, 0.3) is 0 Å². The largest absolute Gasteiger partial charge is 0.440 e. The summed E-state index contributed by atoms with van der Waals surface area (Å²) >= 11 is 3.50. The SMILES string of the molecule is N#CC1=C(N)Oc2cc3ccc(Br)cc3cc2C1c1cccnc1. The van der Waals surface area contributed by atoms with Gasteiger partial charge >= 0.3 is 0 Å². The smallest absolute Gasteiger partial charge is 0.205 e. The Bertz CT molecular complexity index is 1020. The van der Waals surface area contributed by atoms with E-state index < -0.39 is 0 Å². The third kappa shape index (κ3) is 2.32. The molecule has 2 aromatic carbocycles. The summed E-state index contributed by atoms with van der Waals surface area (Å²) in [5, 5.41) is 11.7. The summed E-state index contributed by atoms with van der Waals surface area (Å²) in [4.78, 5) is 4.18. The van der Waals surface area contributed by atoms with Gasteiger partial charge in [0.15, 0.2) is 0 Å². The molecule has 0 radical (unpaired) electrons. The molecular formula is C19H12BrN3O. The van der Waals surface area contributed by atoms with E-state index in [2.05, 4.69) is 33.0 Å². The molecule has 116 valence electrons. The molecule has 1 atom stereocenters. The number of nitrogens with two attached hydrogens (primary N) is 1. The minimum Gasteiger partial charge on any atom is -0.440 e. The van der Waals surface area contributed by atoms with Crippen molar-refractivity contribution in [2.24, 2.45) is 5.73 Å². The van der Waals surface area contributed by atoms with Crippen LogP contribution < -0.4 is 10.5 Å². The van der Waals surface area contributed by atoms with E-state index in [-0.39, 0.29) is 11.8 Å². The predicted molar refractivity (Wildman–Crippen MR) is 95.2 cm³/mol. The van der Waals surface area contributed by atoms with Crippen LogP contribution in [0.5, 0.6) is 5.75 Å². The topological polar surface area (TPSA) is 71.9 Å². The van der Waals surface area contributed by atoms with Gasteiger partial charge in [-0.25, -0.2) is 0 Å². The zero-order valence-corrected chi connectivity index (χ0v) is 14.1. The van der Waals surface area contributed by atoms with Crippen LogP contribution in [0.4, 0.5) is 0 Å². The summed E-state index contributed by atoms with van der Waals surface area (Å²) in [5.41, 5.74) is 8.24. The zero-order chi connectivity index (χ0) is 16.7. The maximum Gasteiger partial charge on any atom is 0.205 e. The van der Waals surface area contributed by atoms with E-state index in [0.29, 0.717) is 11.3 Å². The molecule has 24 heavy (non-hydrogen) atoms. The Kier molecular flexibility index (Phi) is 3.47. The number of ether oxygens (including phenoxy) is 1. The second-order valence-corrected chi connectivity index (χ2v) is 6.51. The van der Waals surface area contributed by atoms with Crippen LogP contribution in [0.25, 0.3) is 10.8 Å². The van der Waals surface area contributed by atoms with Crippen LogP contribution in [0.1, 0.15) is 17.0 Å². The summed E-state index contributed by atoms with van der Waals surface area (Å²) in [6.45, 7) is 0. The van der Waals surface area contributed by atoms with Crippen LogP contribution in [0, 0.1) is 11.3 Å². The van der Waals surface area contributed by atoms with Gasteiger partial charge in [-0.2, -0.15) is 5.26 Å². The molecule has 0 saturated heterocycles. The van der Waals surface area contributed by atoms with Crippen LogP contribution in [-0.4, -0.2) is 4.98 Å². The van der Waals surface area contributed by atoms with E-state index in [1.807, 2.05) is 36.4 Å². The van der Waals surface area contributed by atoms with Gasteiger partial charge in [0.1, 0.15) is 17.4 Å². The molecule has 0 spiro atoms. The van der Waals surface area contributed by atoms with Crippen molar-refractivity contribution >= 4 is 26.7 Å². The molecule has 0 aliphatic carbocycles. The Morgan fingerprint density at radius 3 is 2.79 bits per heavy atom. The monoisotopic (exact) mass is 377 g/mol. The van der Waals surface area contributed by atoms with Gasteiger partial charge in [-0.3, -0.25) is 4.98 Å². The third-order valence-electron chi connectivity index (χ3n) is 4.15. The van der Waals surface area contributed by atoms with Gasteiger partial charge in [-0.15, -0.1) is 0 Å². The van der Waals surface area contributed by atoms with Crippen molar-refractivity contribution in [2.75, 3.05) is 0 Å². The molecule has 1 aliphatic rings. The number of rotatable bonds is 1. The fourth-order valence-electron chi connectivity index (χ4n) is 3.06.